The number of hydrogen-bond acceptors (Lipinski definition) is 3. The van der Waals surface area contributed by atoms with Crippen LogP contribution >= 0.6 is 11.3 Å². The second kappa shape index (κ2) is 5.07. The van der Waals surface area contributed by atoms with E-state index in [9.17, 15) is 8.42 Å². The van der Waals surface area contributed by atoms with Crippen LogP contribution in [0.5, 0.6) is 0 Å². The molecule has 0 atom stereocenters. The number of hydrogen-bond donors (Lipinski definition) is 0. The van der Waals surface area contributed by atoms with Gasteiger partial charge in [0.25, 0.3) is 0 Å². The first-order chi connectivity index (χ1) is 10.6. The Kier molecular flexibility index (Phi) is 3.17. The van der Waals surface area contributed by atoms with E-state index in [0.29, 0.717) is 0 Å². The predicted octanol–water partition coefficient (Wildman–Crippen LogP) is 4.51. The van der Waals surface area contributed by atoms with Crippen molar-refractivity contribution in [2.24, 2.45) is 0 Å². The van der Waals surface area contributed by atoms with Gasteiger partial charge in [-0.2, -0.15) is 0 Å². The molecule has 0 bridgehead atoms. The standard InChI is InChI=1S/C18H14O2S2/c19-22(20)11-15-16(12-22)18(14-9-5-2-6-10-14)21-17(15)13-7-3-1-4-8-13/h1-10H,11-12H2. The van der Waals surface area contributed by atoms with Crippen LogP contribution in [-0.2, 0) is 21.3 Å². The van der Waals surface area contributed by atoms with E-state index in [1.807, 2.05) is 60.7 Å². The summed E-state index contributed by atoms with van der Waals surface area (Å²) in [6, 6.07) is 20.1. The highest BCUT2D eigenvalue weighted by Gasteiger charge is 2.32. The number of fused-ring (bicyclic) bond motifs is 1. The summed E-state index contributed by atoms with van der Waals surface area (Å²) >= 11 is 1.70. The van der Waals surface area contributed by atoms with Gasteiger partial charge in [0.15, 0.2) is 9.84 Å². The van der Waals surface area contributed by atoms with E-state index in [-0.39, 0.29) is 11.5 Å². The van der Waals surface area contributed by atoms with Crippen molar-refractivity contribution in [2.45, 2.75) is 11.5 Å². The topological polar surface area (TPSA) is 34.1 Å². The van der Waals surface area contributed by atoms with Crippen LogP contribution in [0.4, 0.5) is 0 Å². The highest BCUT2D eigenvalue weighted by atomic mass is 32.2. The fourth-order valence-electron chi connectivity index (χ4n) is 2.94. The lowest BCUT2D eigenvalue weighted by Crippen LogP contribution is -1.97. The molecular formula is C18H14O2S2. The van der Waals surface area contributed by atoms with Gasteiger partial charge < -0.3 is 0 Å². The van der Waals surface area contributed by atoms with Crippen molar-refractivity contribution in [3.05, 3.63) is 71.8 Å². The highest BCUT2D eigenvalue weighted by molar-refractivity contribution is 7.90. The molecule has 0 amide bonds. The summed E-state index contributed by atoms with van der Waals surface area (Å²) in [6.07, 6.45) is 0. The van der Waals surface area contributed by atoms with Gasteiger partial charge in [-0.1, -0.05) is 60.7 Å². The quantitative estimate of drug-likeness (QED) is 0.694. The third kappa shape index (κ3) is 2.28. The van der Waals surface area contributed by atoms with Crippen molar-refractivity contribution in [1.29, 1.82) is 0 Å². The molecule has 4 rings (SSSR count). The molecular weight excluding hydrogens is 312 g/mol. The third-order valence-electron chi connectivity index (χ3n) is 3.92. The molecule has 0 saturated heterocycles. The summed E-state index contributed by atoms with van der Waals surface area (Å²) in [4.78, 5) is 2.19. The SMILES string of the molecule is O=S1(=O)Cc2c(-c3ccccc3)sc(-c3ccccc3)c2C1. The van der Waals surface area contributed by atoms with E-state index >= 15 is 0 Å². The molecule has 2 aromatic carbocycles. The monoisotopic (exact) mass is 326 g/mol. The molecule has 110 valence electrons. The third-order valence-corrected chi connectivity index (χ3v) is 6.75. The number of thiophene rings is 1. The lowest BCUT2D eigenvalue weighted by molar-refractivity contribution is 0.598. The van der Waals surface area contributed by atoms with Crippen LogP contribution in [0.2, 0.25) is 0 Å². The molecule has 0 fully saturated rings. The van der Waals surface area contributed by atoms with Gasteiger partial charge in [-0.15, -0.1) is 11.3 Å². The molecule has 22 heavy (non-hydrogen) atoms. The normalized spacial score (nSPS) is 15.6. The van der Waals surface area contributed by atoms with Gasteiger partial charge in [-0.25, -0.2) is 8.42 Å². The maximum absolute atomic E-state index is 12.1. The van der Waals surface area contributed by atoms with Gasteiger partial charge in [0.05, 0.1) is 11.5 Å². The maximum Gasteiger partial charge on any atom is 0.158 e. The molecule has 3 aromatic rings. The molecule has 0 aliphatic carbocycles. The number of benzene rings is 2. The second-order valence-electron chi connectivity index (χ2n) is 5.48. The molecule has 2 heterocycles. The van der Waals surface area contributed by atoms with Crippen molar-refractivity contribution >= 4 is 21.2 Å². The van der Waals surface area contributed by atoms with Gasteiger partial charge in [0.2, 0.25) is 0 Å². The lowest BCUT2D eigenvalue weighted by Gasteiger charge is -2.01. The maximum atomic E-state index is 12.1. The molecule has 1 aliphatic rings. The first kappa shape index (κ1) is 13.7. The van der Waals surface area contributed by atoms with Gasteiger partial charge in [0.1, 0.15) is 0 Å². The summed E-state index contributed by atoms with van der Waals surface area (Å²) in [5.74, 6) is 0.325. The van der Waals surface area contributed by atoms with Gasteiger partial charge in [-0.05, 0) is 22.3 Å². The minimum atomic E-state index is -3.02. The van der Waals surface area contributed by atoms with Crippen molar-refractivity contribution in [3.8, 4) is 20.9 Å². The van der Waals surface area contributed by atoms with Crippen molar-refractivity contribution < 1.29 is 8.42 Å². The van der Waals surface area contributed by atoms with E-state index < -0.39 is 9.84 Å². The Morgan fingerprint density at radius 1 is 0.682 bits per heavy atom. The zero-order chi connectivity index (χ0) is 15.2. The van der Waals surface area contributed by atoms with Crippen LogP contribution < -0.4 is 0 Å². The van der Waals surface area contributed by atoms with Crippen LogP contribution in [0.25, 0.3) is 20.9 Å². The summed E-state index contributed by atoms with van der Waals surface area (Å²) in [6.45, 7) is 0. The zero-order valence-electron chi connectivity index (χ0n) is 11.8. The summed E-state index contributed by atoms with van der Waals surface area (Å²) in [5, 5.41) is 0. The fraction of sp³-hybridized carbons (Fsp3) is 0.111. The molecule has 1 aromatic heterocycles. The minimum Gasteiger partial charge on any atom is -0.228 e. The van der Waals surface area contributed by atoms with Gasteiger partial charge in [0, 0.05) is 9.75 Å². The van der Waals surface area contributed by atoms with E-state index in [4.69, 9.17) is 0 Å². The van der Waals surface area contributed by atoms with Gasteiger partial charge in [-0.3, -0.25) is 0 Å². The highest BCUT2D eigenvalue weighted by Crippen LogP contribution is 2.46. The van der Waals surface area contributed by atoms with E-state index in [1.54, 1.807) is 11.3 Å². The van der Waals surface area contributed by atoms with Gasteiger partial charge >= 0.3 is 0 Å². The average molecular weight is 326 g/mol. The molecule has 0 radical (unpaired) electrons. The lowest BCUT2D eigenvalue weighted by atomic mass is 10.0. The van der Waals surface area contributed by atoms with Crippen LogP contribution in [-0.4, -0.2) is 8.42 Å². The van der Waals surface area contributed by atoms with E-state index in [1.165, 1.54) is 0 Å². The average Bonchev–Trinajstić information content (AvgIpc) is 3.02. The largest absolute Gasteiger partial charge is 0.228 e. The first-order valence-electron chi connectivity index (χ1n) is 7.10. The van der Waals surface area contributed by atoms with Crippen molar-refractivity contribution in [1.82, 2.24) is 0 Å². The molecule has 0 N–H and O–H groups in total. The molecule has 4 heteroatoms. The summed E-state index contributed by atoms with van der Waals surface area (Å²) in [7, 11) is -3.02. The van der Waals surface area contributed by atoms with Crippen molar-refractivity contribution in [2.75, 3.05) is 0 Å². The van der Waals surface area contributed by atoms with Crippen LogP contribution in [0, 0.1) is 0 Å². The van der Waals surface area contributed by atoms with Crippen molar-refractivity contribution in [3.63, 3.8) is 0 Å². The minimum absolute atomic E-state index is 0.163. The Labute approximate surface area is 134 Å². The molecule has 1 aliphatic heterocycles. The Bertz CT molecular complexity index is 854. The number of rotatable bonds is 2. The Morgan fingerprint density at radius 3 is 1.50 bits per heavy atom. The molecule has 0 saturated carbocycles. The van der Waals surface area contributed by atoms with Crippen LogP contribution in [0.3, 0.4) is 0 Å². The summed E-state index contributed by atoms with van der Waals surface area (Å²) in [5.41, 5.74) is 4.19. The van der Waals surface area contributed by atoms with Crippen LogP contribution in [0.15, 0.2) is 60.7 Å². The Balaban J connectivity index is 1.96. The molecule has 0 spiro atoms. The van der Waals surface area contributed by atoms with E-state index in [0.717, 1.165) is 32.0 Å². The Morgan fingerprint density at radius 2 is 1.09 bits per heavy atom. The zero-order valence-corrected chi connectivity index (χ0v) is 13.5. The summed E-state index contributed by atoms with van der Waals surface area (Å²) < 4.78 is 24.2. The first-order valence-corrected chi connectivity index (χ1v) is 9.74. The van der Waals surface area contributed by atoms with Crippen LogP contribution in [0.1, 0.15) is 11.1 Å². The number of sulfone groups is 1. The Hall–Kier alpha value is -1.91. The second-order valence-corrected chi connectivity index (χ2v) is 8.57. The molecule has 2 nitrogen and oxygen atoms in total. The smallest absolute Gasteiger partial charge is 0.158 e. The van der Waals surface area contributed by atoms with E-state index in [2.05, 4.69) is 0 Å². The molecule has 0 unspecified atom stereocenters. The predicted molar refractivity (Wildman–Crippen MR) is 91.5 cm³/mol. The fourth-order valence-corrected chi connectivity index (χ4v) is 6.09.